The summed E-state index contributed by atoms with van der Waals surface area (Å²) in [7, 11) is 0. The van der Waals surface area contributed by atoms with E-state index >= 15 is 0 Å². The summed E-state index contributed by atoms with van der Waals surface area (Å²) in [6, 6.07) is 8.59. The van der Waals surface area contributed by atoms with Crippen LogP contribution in [0.1, 0.15) is 68.0 Å². The number of hydrogen-bond acceptors (Lipinski definition) is 4. The van der Waals surface area contributed by atoms with Crippen molar-refractivity contribution in [2.75, 3.05) is 23.8 Å². The second-order valence-corrected chi connectivity index (χ2v) is 10.4. The van der Waals surface area contributed by atoms with E-state index in [0.29, 0.717) is 23.9 Å². The molecule has 0 atom stereocenters. The fourth-order valence-electron chi connectivity index (χ4n) is 3.21. The van der Waals surface area contributed by atoms with Gasteiger partial charge in [-0.15, -0.1) is 0 Å². The van der Waals surface area contributed by atoms with E-state index in [2.05, 4.69) is 31.4 Å². The average molecular weight is 458 g/mol. The van der Waals surface area contributed by atoms with E-state index in [0.717, 1.165) is 5.69 Å². The molecule has 182 valence electrons. The molecule has 0 unspecified atom stereocenters. The Kier molecular flexibility index (Phi) is 8.16. The number of amides is 3. The summed E-state index contributed by atoms with van der Waals surface area (Å²) >= 11 is 0. The summed E-state index contributed by atoms with van der Waals surface area (Å²) in [5.74, 6) is 0.913. The van der Waals surface area contributed by atoms with Crippen molar-refractivity contribution in [3.05, 3.63) is 36.0 Å². The molecule has 0 fully saturated rings. The molecule has 0 bridgehead atoms. The van der Waals surface area contributed by atoms with Crippen LogP contribution in [0.5, 0.6) is 5.75 Å². The van der Waals surface area contributed by atoms with Gasteiger partial charge in [0.2, 0.25) is 5.91 Å². The number of nitrogens with one attached hydrogen (secondary N) is 2. The molecule has 0 radical (unpaired) electrons. The molecule has 0 spiro atoms. The molecule has 0 aliphatic carbocycles. The highest BCUT2D eigenvalue weighted by atomic mass is 16.5. The van der Waals surface area contributed by atoms with Crippen molar-refractivity contribution in [3.8, 4) is 5.75 Å². The maximum atomic E-state index is 13.0. The molecule has 2 rings (SSSR count). The van der Waals surface area contributed by atoms with Gasteiger partial charge in [0.25, 0.3) is 0 Å². The van der Waals surface area contributed by atoms with Crippen molar-refractivity contribution in [1.82, 2.24) is 14.7 Å². The van der Waals surface area contributed by atoms with Gasteiger partial charge in [0.15, 0.2) is 0 Å². The van der Waals surface area contributed by atoms with Crippen LogP contribution in [-0.4, -0.2) is 45.8 Å². The van der Waals surface area contributed by atoms with Crippen LogP contribution in [0.15, 0.2) is 30.3 Å². The number of benzene rings is 1. The number of ether oxygens (including phenoxy) is 1. The van der Waals surface area contributed by atoms with Gasteiger partial charge < -0.3 is 20.3 Å². The molecule has 0 aliphatic rings. The summed E-state index contributed by atoms with van der Waals surface area (Å²) in [5.41, 5.74) is 0.979. The fourth-order valence-corrected chi connectivity index (χ4v) is 3.21. The molecule has 33 heavy (non-hydrogen) atoms. The Morgan fingerprint density at radius 1 is 1.09 bits per heavy atom. The zero-order valence-corrected chi connectivity index (χ0v) is 21.4. The van der Waals surface area contributed by atoms with E-state index in [1.807, 2.05) is 64.4 Å². The maximum Gasteiger partial charge on any atom is 0.322 e. The molecular formula is C25H39N5O3. The topological polar surface area (TPSA) is 88.5 Å². The van der Waals surface area contributed by atoms with Crippen LogP contribution in [0.3, 0.4) is 0 Å². The molecule has 0 aliphatic heterocycles. The van der Waals surface area contributed by atoms with Gasteiger partial charge in [0.05, 0.1) is 23.5 Å². The highest BCUT2D eigenvalue weighted by molar-refractivity contribution is 5.97. The predicted octanol–water partition coefficient (Wildman–Crippen LogP) is 5.22. The Hall–Kier alpha value is -3.03. The number of carbonyl (C=O) groups is 2. The van der Waals surface area contributed by atoms with Gasteiger partial charge in [0, 0.05) is 17.5 Å². The zero-order valence-electron chi connectivity index (χ0n) is 21.4. The van der Waals surface area contributed by atoms with E-state index in [-0.39, 0.29) is 35.5 Å². The van der Waals surface area contributed by atoms with Gasteiger partial charge >= 0.3 is 6.03 Å². The minimum atomic E-state index is -0.369. The number of urea groups is 1. The number of rotatable bonds is 7. The van der Waals surface area contributed by atoms with Gasteiger partial charge in [-0.05, 0) is 53.7 Å². The van der Waals surface area contributed by atoms with Crippen molar-refractivity contribution < 1.29 is 14.3 Å². The van der Waals surface area contributed by atoms with Crippen molar-refractivity contribution in [2.24, 2.45) is 0 Å². The molecule has 0 saturated heterocycles. The van der Waals surface area contributed by atoms with E-state index in [1.54, 1.807) is 12.1 Å². The van der Waals surface area contributed by atoms with Crippen LogP contribution >= 0.6 is 0 Å². The molecule has 8 heteroatoms. The summed E-state index contributed by atoms with van der Waals surface area (Å²) in [6.45, 7) is 18.4. The van der Waals surface area contributed by atoms with Crippen LogP contribution in [0, 0.1) is 0 Å². The van der Waals surface area contributed by atoms with Crippen LogP contribution in [0.25, 0.3) is 0 Å². The lowest BCUT2D eigenvalue weighted by molar-refractivity contribution is -0.117. The second-order valence-electron chi connectivity index (χ2n) is 10.4. The third-order valence-electron chi connectivity index (χ3n) is 5.01. The van der Waals surface area contributed by atoms with Gasteiger partial charge in [0.1, 0.15) is 18.1 Å². The quantitative estimate of drug-likeness (QED) is 0.597. The van der Waals surface area contributed by atoms with Crippen molar-refractivity contribution >= 4 is 23.4 Å². The number of hydrogen-bond donors (Lipinski definition) is 2. The van der Waals surface area contributed by atoms with E-state index in [4.69, 9.17) is 9.84 Å². The molecule has 8 nitrogen and oxygen atoms in total. The fraction of sp³-hybridized carbons (Fsp3) is 0.560. The van der Waals surface area contributed by atoms with Crippen molar-refractivity contribution in [1.29, 1.82) is 0 Å². The monoisotopic (exact) mass is 457 g/mol. The summed E-state index contributed by atoms with van der Waals surface area (Å²) < 4.78 is 7.41. The van der Waals surface area contributed by atoms with Crippen LogP contribution in [0.4, 0.5) is 16.3 Å². The molecule has 1 aromatic carbocycles. The number of aromatic nitrogens is 2. The molecule has 2 N–H and O–H groups in total. The minimum Gasteiger partial charge on any atom is -0.492 e. The van der Waals surface area contributed by atoms with Crippen molar-refractivity contribution in [2.45, 2.75) is 79.3 Å². The summed E-state index contributed by atoms with van der Waals surface area (Å²) in [4.78, 5) is 27.5. The first-order valence-corrected chi connectivity index (χ1v) is 11.4. The van der Waals surface area contributed by atoms with Crippen LogP contribution in [0.2, 0.25) is 0 Å². The lowest BCUT2D eigenvalue weighted by atomic mass is 9.92. The number of nitrogens with zero attached hydrogens (tertiary/aromatic N) is 3. The Morgan fingerprint density at radius 2 is 1.73 bits per heavy atom. The van der Waals surface area contributed by atoms with E-state index in [9.17, 15) is 9.59 Å². The first kappa shape index (κ1) is 26.2. The van der Waals surface area contributed by atoms with Gasteiger partial charge in [-0.1, -0.05) is 32.9 Å². The molecule has 0 saturated carbocycles. The molecule has 3 amide bonds. The van der Waals surface area contributed by atoms with Crippen LogP contribution in [-0.2, 0) is 15.7 Å². The molecule has 1 heterocycles. The van der Waals surface area contributed by atoms with Gasteiger partial charge in [-0.3, -0.25) is 4.79 Å². The Bertz CT molecular complexity index is 967. The van der Waals surface area contributed by atoms with Gasteiger partial charge in [-0.25, -0.2) is 9.48 Å². The van der Waals surface area contributed by atoms with Gasteiger partial charge in [-0.2, -0.15) is 5.10 Å². The van der Waals surface area contributed by atoms with E-state index < -0.39 is 0 Å². The predicted molar refractivity (Wildman–Crippen MR) is 133 cm³/mol. The molecule has 1 aromatic heterocycles. The Morgan fingerprint density at radius 3 is 2.27 bits per heavy atom. The zero-order chi connectivity index (χ0) is 25.0. The van der Waals surface area contributed by atoms with E-state index in [1.165, 1.54) is 4.90 Å². The third kappa shape index (κ3) is 6.97. The second kappa shape index (κ2) is 10.3. The van der Waals surface area contributed by atoms with Crippen molar-refractivity contribution in [3.63, 3.8) is 0 Å². The summed E-state index contributed by atoms with van der Waals surface area (Å²) in [6.07, 6.45) is 0. The largest absolute Gasteiger partial charge is 0.492 e. The number of anilines is 2. The smallest absolute Gasteiger partial charge is 0.322 e. The highest BCUT2D eigenvalue weighted by Crippen LogP contribution is 2.28. The standard InChI is InChI=1S/C25H39N5O3/c1-10-33-19-14-12-11-13-18(19)26-23(32)29(17(2)3)16-22(31)27-21-15-20(24(4,5)6)28-30(21)25(7,8)9/h11-15,17H,10,16H2,1-9H3,(H,26,32)(H,27,31). The first-order valence-electron chi connectivity index (χ1n) is 11.4. The lowest BCUT2D eigenvalue weighted by Gasteiger charge is -2.27. The molecule has 2 aromatic rings. The third-order valence-corrected chi connectivity index (χ3v) is 5.01. The minimum absolute atomic E-state index is 0.0968. The summed E-state index contributed by atoms with van der Waals surface area (Å²) in [5, 5.41) is 10.6. The number of carbonyl (C=O) groups excluding carboxylic acids is 2. The highest BCUT2D eigenvalue weighted by Gasteiger charge is 2.27. The average Bonchev–Trinajstić information content (AvgIpc) is 3.12. The normalized spacial score (nSPS) is 11.9. The molecular weight excluding hydrogens is 418 g/mol. The number of para-hydroxylation sites is 2. The van der Waals surface area contributed by atoms with Crippen LogP contribution < -0.4 is 15.4 Å². The lowest BCUT2D eigenvalue weighted by Crippen LogP contribution is -2.45. The maximum absolute atomic E-state index is 13.0. The first-order chi connectivity index (χ1) is 15.2. The Balaban J connectivity index is 2.20. The Labute approximate surface area is 197 Å². The SMILES string of the molecule is CCOc1ccccc1NC(=O)N(CC(=O)Nc1cc(C(C)(C)C)nn1C(C)(C)C)C(C)C.